The monoisotopic (exact) mass is 242 g/mol. The maximum atomic E-state index is 12.2. The molecule has 0 N–H and O–H groups in total. The van der Waals surface area contributed by atoms with Crippen LogP contribution in [-0.4, -0.2) is 16.2 Å². The summed E-state index contributed by atoms with van der Waals surface area (Å²) in [5.74, 6) is 0.0930. The Labute approximate surface area is 105 Å². The highest BCUT2D eigenvalue weighted by atomic mass is 16.5. The average Bonchev–Trinajstić information content (AvgIpc) is 2.40. The molecule has 0 amide bonds. The zero-order valence-corrected chi connectivity index (χ0v) is 10.0. The molecule has 0 atom stereocenters. The average molecular weight is 242 g/mol. The van der Waals surface area contributed by atoms with Crippen molar-refractivity contribution >= 4 is 11.0 Å². The molecular weight excluding hydrogens is 228 g/mol. The number of para-hydroxylation sites is 2. The molecular formula is C14H14N2O2. The Kier molecular flexibility index (Phi) is 3.57. The smallest absolute Gasteiger partial charge is 0.314 e. The van der Waals surface area contributed by atoms with Crippen LogP contribution < -0.4 is 10.3 Å². The minimum atomic E-state index is -0.254. The molecule has 1 heterocycles. The Balaban J connectivity index is 2.66. The summed E-state index contributed by atoms with van der Waals surface area (Å²) < 4.78 is 6.88. The van der Waals surface area contributed by atoms with E-state index in [0.717, 1.165) is 11.0 Å². The van der Waals surface area contributed by atoms with Crippen LogP contribution in [-0.2, 0) is 6.54 Å². The fourth-order valence-corrected chi connectivity index (χ4v) is 1.71. The van der Waals surface area contributed by atoms with Crippen LogP contribution in [0.15, 0.2) is 54.4 Å². The van der Waals surface area contributed by atoms with Gasteiger partial charge >= 0.3 is 5.56 Å². The van der Waals surface area contributed by atoms with Crippen LogP contribution in [0.2, 0.25) is 0 Å². The van der Waals surface area contributed by atoms with Crippen molar-refractivity contribution in [3.8, 4) is 5.88 Å². The van der Waals surface area contributed by atoms with Gasteiger partial charge in [0, 0.05) is 6.54 Å². The van der Waals surface area contributed by atoms with Gasteiger partial charge in [0.15, 0.2) is 0 Å². The van der Waals surface area contributed by atoms with Crippen LogP contribution in [0.1, 0.15) is 0 Å². The van der Waals surface area contributed by atoms with Crippen molar-refractivity contribution in [2.75, 3.05) is 6.61 Å². The van der Waals surface area contributed by atoms with E-state index in [1.807, 2.05) is 24.3 Å². The van der Waals surface area contributed by atoms with E-state index in [4.69, 9.17) is 4.74 Å². The summed E-state index contributed by atoms with van der Waals surface area (Å²) in [6.45, 7) is 7.89. The maximum absolute atomic E-state index is 12.2. The van der Waals surface area contributed by atoms with Gasteiger partial charge in [0.1, 0.15) is 6.61 Å². The first-order chi connectivity index (χ1) is 8.77. The van der Waals surface area contributed by atoms with Crippen molar-refractivity contribution in [3.05, 3.63) is 59.9 Å². The second-order valence-electron chi connectivity index (χ2n) is 3.71. The standard InChI is InChI=1S/C14H14N2O2/c1-3-9-16-12-8-6-5-7-11(12)15-13(14(16)17)18-10-4-2/h3-8H,1-2,9-10H2. The molecule has 0 radical (unpaired) electrons. The summed E-state index contributed by atoms with van der Waals surface area (Å²) in [6.07, 6.45) is 3.25. The first-order valence-electron chi connectivity index (χ1n) is 5.62. The van der Waals surface area contributed by atoms with E-state index in [0.29, 0.717) is 6.54 Å². The number of allylic oxidation sites excluding steroid dienone is 1. The largest absolute Gasteiger partial charge is 0.470 e. The lowest BCUT2D eigenvalue weighted by Gasteiger charge is -2.10. The number of hydrogen-bond acceptors (Lipinski definition) is 3. The van der Waals surface area contributed by atoms with Gasteiger partial charge in [0.05, 0.1) is 11.0 Å². The van der Waals surface area contributed by atoms with Crippen molar-refractivity contribution in [2.24, 2.45) is 0 Å². The van der Waals surface area contributed by atoms with Crippen molar-refractivity contribution < 1.29 is 4.74 Å². The van der Waals surface area contributed by atoms with Gasteiger partial charge in [-0.3, -0.25) is 9.36 Å². The molecule has 0 aliphatic rings. The number of nitrogens with zero attached hydrogens (tertiary/aromatic N) is 2. The predicted molar refractivity (Wildman–Crippen MR) is 71.9 cm³/mol. The quantitative estimate of drug-likeness (QED) is 0.754. The third-order valence-electron chi connectivity index (χ3n) is 2.47. The van der Waals surface area contributed by atoms with Gasteiger partial charge in [0.25, 0.3) is 5.88 Å². The molecule has 4 heteroatoms. The van der Waals surface area contributed by atoms with Crippen LogP contribution in [0.3, 0.4) is 0 Å². The molecule has 0 bridgehead atoms. The van der Waals surface area contributed by atoms with Gasteiger partial charge in [-0.05, 0) is 12.1 Å². The van der Waals surface area contributed by atoms with Gasteiger partial charge in [0.2, 0.25) is 0 Å². The topological polar surface area (TPSA) is 44.1 Å². The lowest BCUT2D eigenvalue weighted by molar-refractivity contribution is 0.341. The number of rotatable bonds is 5. The molecule has 0 saturated heterocycles. The normalized spacial score (nSPS) is 10.2. The zero-order valence-electron chi connectivity index (χ0n) is 10.0. The molecule has 92 valence electrons. The van der Waals surface area contributed by atoms with Gasteiger partial charge in [-0.25, -0.2) is 4.98 Å². The van der Waals surface area contributed by atoms with Crippen molar-refractivity contribution in [3.63, 3.8) is 0 Å². The van der Waals surface area contributed by atoms with E-state index in [1.54, 1.807) is 16.7 Å². The summed E-state index contributed by atoms with van der Waals surface area (Å²) in [5.41, 5.74) is 1.24. The van der Waals surface area contributed by atoms with Crippen LogP contribution >= 0.6 is 0 Å². The molecule has 0 saturated carbocycles. The van der Waals surface area contributed by atoms with Gasteiger partial charge in [-0.2, -0.15) is 0 Å². The highest BCUT2D eigenvalue weighted by molar-refractivity contribution is 5.75. The number of benzene rings is 1. The summed E-state index contributed by atoms with van der Waals surface area (Å²) >= 11 is 0. The third-order valence-corrected chi connectivity index (χ3v) is 2.47. The van der Waals surface area contributed by atoms with Crippen LogP contribution in [0.5, 0.6) is 5.88 Å². The Morgan fingerprint density at radius 3 is 2.78 bits per heavy atom. The summed E-state index contributed by atoms with van der Waals surface area (Å²) in [7, 11) is 0. The molecule has 0 unspecified atom stereocenters. The van der Waals surface area contributed by atoms with E-state index < -0.39 is 0 Å². The van der Waals surface area contributed by atoms with Gasteiger partial charge < -0.3 is 4.74 Å². The van der Waals surface area contributed by atoms with Gasteiger partial charge in [-0.1, -0.05) is 30.9 Å². The van der Waals surface area contributed by atoms with Crippen LogP contribution in [0.4, 0.5) is 0 Å². The molecule has 18 heavy (non-hydrogen) atoms. The predicted octanol–water partition coefficient (Wildman–Crippen LogP) is 2.15. The lowest BCUT2D eigenvalue weighted by Crippen LogP contribution is -2.23. The number of hydrogen-bond donors (Lipinski definition) is 0. The highest BCUT2D eigenvalue weighted by Gasteiger charge is 2.10. The van der Waals surface area contributed by atoms with Crippen LogP contribution in [0.25, 0.3) is 11.0 Å². The Bertz CT molecular complexity index is 644. The molecule has 0 spiro atoms. The second-order valence-corrected chi connectivity index (χ2v) is 3.71. The van der Waals surface area contributed by atoms with Crippen LogP contribution in [0, 0.1) is 0 Å². The van der Waals surface area contributed by atoms with Crippen molar-refractivity contribution in [1.82, 2.24) is 9.55 Å². The van der Waals surface area contributed by atoms with Crippen molar-refractivity contribution in [2.45, 2.75) is 6.54 Å². The lowest BCUT2D eigenvalue weighted by atomic mass is 10.3. The number of fused-ring (bicyclic) bond motifs is 1. The Morgan fingerprint density at radius 1 is 1.28 bits per heavy atom. The minimum Gasteiger partial charge on any atom is -0.470 e. The van der Waals surface area contributed by atoms with Gasteiger partial charge in [-0.15, -0.1) is 6.58 Å². The Hall–Kier alpha value is -2.36. The van der Waals surface area contributed by atoms with E-state index in [1.165, 1.54) is 0 Å². The highest BCUT2D eigenvalue weighted by Crippen LogP contribution is 2.12. The molecule has 2 aromatic rings. The first kappa shape index (κ1) is 12.1. The third kappa shape index (κ3) is 2.18. The van der Waals surface area contributed by atoms with E-state index in [2.05, 4.69) is 18.1 Å². The minimum absolute atomic E-state index is 0.0930. The Morgan fingerprint density at radius 2 is 2.06 bits per heavy atom. The molecule has 0 aliphatic carbocycles. The fraction of sp³-hybridized carbons (Fsp3) is 0.143. The molecule has 2 rings (SSSR count). The van der Waals surface area contributed by atoms with E-state index >= 15 is 0 Å². The fourth-order valence-electron chi connectivity index (χ4n) is 1.71. The molecule has 0 fully saturated rings. The molecule has 4 nitrogen and oxygen atoms in total. The zero-order chi connectivity index (χ0) is 13.0. The molecule has 0 aliphatic heterocycles. The summed E-state index contributed by atoms with van der Waals surface area (Å²) in [4.78, 5) is 16.4. The van der Waals surface area contributed by atoms with E-state index in [-0.39, 0.29) is 18.0 Å². The molecule has 1 aromatic carbocycles. The maximum Gasteiger partial charge on any atom is 0.314 e. The van der Waals surface area contributed by atoms with E-state index in [9.17, 15) is 4.79 Å². The summed E-state index contributed by atoms with van der Waals surface area (Å²) in [5, 5.41) is 0. The second kappa shape index (κ2) is 5.31. The molecule has 1 aromatic heterocycles. The number of ether oxygens (including phenoxy) is 1. The SMILES string of the molecule is C=CCOc1nc2ccccc2n(CC=C)c1=O. The van der Waals surface area contributed by atoms with Crippen molar-refractivity contribution in [1.29, 1.82) is 0 Å². The number of aromatic nitrogens is 2. The first-order valence-corrected chi connectivity index (χ1v) is 5.62. The summed E-state index contributed by atoms with van der Waals surface area (Å²) in [6, 6.07) is 7.43.